The van der Waals surface area contributed by atoms with E-state index >= 15 is 0 Å². The number of nitrogens with zero attached hydrogens (tertiary/aromatic N) is 2. The molecule has 1 amide bonds. The summed E-state index contributed by atoms with van der Waals surface area (Å²) in [5.41, 5.74) is 1.56. The zero-order valence-electron chi connectivity index (χ0n) is 10.9. The third kappa shape index (κ3) is 2.91. The van der Waals surface area contributed by atoms with Crippen LogP contribution in [0.25, 0.3) is 0 Å². The maximum atomic E-state index is 12.4. The molecule has 0 saturated carbocycles. The van der Waals surface area contributed by atoms with E-state index in [1.54, 1.807) is 6.20 Å². The fourth-order valence-corrected chi connectivity index (χ4v) is 2.97. The molecule has 0 bridgehead atoms. The van der Waals surface area contributed by atoms with Crippen molar-refractivity contribution in [3.63, 3.8) is 0 Å². The van der Waals surface area contributed by atoms with E-state index in [0.717, 1.165) is 37.2 Å². The van der Waals surface area contributed by atoms with Crippen LogP contribution in [0.5, 0.6) is 0 Å². The molecule has 0 N–H and O–H groups in total. The minimum atomic E-state index is 0.126. The quantitative estimate of drug-likeness (QED) is 0.787. The zero-order chi connectivity index (χ0) is 13.1. The number of amides is 1. The highest BCUT2D eigenvalue weighted by atomic mass is 79.9. The fraction of sp³-hybridized carbons (Fsp3) is 0.571. The summed E-state index contributed by atoms with van der Waals surface area (Å²) in [6.45, 7) is 5.79. The number of aromatic nitrogens is 1. The number of piperidine rings is 1. The van der Waals surface area contributed by atoms with Gasteiger partial charge in [-0.05, 0) is 37.8 Å². The minimum absolute atomic E-state index is 0.126. The van der Waals surface area contributed by atoms with E-state index in [1.807, 2.05) is 24.0 Å². The van der Waals surface area contributed by atoms with Crippen LogP contribution < -0.4 is 0 Å². The smallest absolute Gasteiger partial charge is 0.255 e. The highest BCUT2D eigenvalue weighted by molar-refractivity contribution is 9.09. The molecule has 3 nitrogen and oxygen atoms in total. The van der Waals surface area contributed by atoms with E-state index < -0.39 is 0 Å². The lowest BCUT2D eigenvalue weighted by atomic mass is 9.94. The minimum Gasteiger partial charge on any atom is -0.339 e. The molecule has 1 aliphatic rings. The average molecular weight is 311 g/mol. The lowest BCUT2D eigenvalue weighted by molar-refractivity contribution is 0.0690. The van der Waals surface area contributed by atoms with Gasteiger partial charge in [0.1, 0.15) is 0 Å². The second-order valence-electron chi connectivity index (χ2n) is 4.94. The van der Waals surface area contributed by atoms with E-state index in [-0.39, 0.29) is 5.91 Å². The number of likely N-dealkylation sites (tertiary alicyclic amines) is 1. The van der Waals surface area contributed by atoms with Crippen molar-refractivity contribution >= 4 is 21.8 Å². The number of alkyl halides is 1. The van der Waals surface area contributed by atoms with Crippen LogP contribution in [0, 0.1) is 12.8 Å². The highest BCUT2D eigenvalue weighted by Gasteiger charge is 2.26. The number of pyridine rings is 1. The third-order valence-corrected chi connectivity index (χ3v) is 4.46. The molecule has 1 atom stereocenters. The number of carbonyl (C=O) groups is 1. The Hall–Kier alpha value is -0.900. The largest absolute Gasteiger partial charge is 0.339 e. The Kier molecular flexibility index (Phi) is 4.38. The van der Waals surface area contributed by atoms with Gasteiger partial charge in [0.15, 0.2) is 0 Å². The molecule has 2 heterocycles. The first-order valence-electron chi connectivity index (χ1n) is 6.44. The number of hydrogen-bond donors (Lipinski definition) is 0. The van der Waals surface area contributed by atoms with Crippen LogP contribution in [0.1, 0.15) is 35.8 Å². The Bertz CT molecular complexity index is 426. The average Bonchev–Trinajstić information content (AvgIpc) is 2.38. The molecule has 0 aliphatic carbocycles. The topological polar surface area (TPSA) is 33.2 Å². The molecular formula is C14H19BrN2O. The highest BCUT2D eigenvalue weighted by Crippen LogP contribution is 2.25. The van der Waals surface area contributed by atoms with E-state index in [2.05, 4.69) is 27.8 Å². The predicted molar refractivity (Wildman–Crippen MR) is 76.0 cm³/mol. The summed E-state index contributed by atoms with van der Waals surface area (Å²) < 4.78 is 0. The van der Waals surface area contributed by atoms with Crippen LogP contribution in [-0.2, 0) is 0 Å². The first-order chi connectivity index (χ1) is 8.59. The van der Waals surface area contributed by atoms with Crippen LogP contribution in [0.2, 0.25) is 0 Å². The fourth-order valence-electron chi connectivity index (χ4n) is 2.44. The van der Waals surface area contributed by atoms with Gasteiger partial charge in [0.2, 0.25) is 0 Å². The molecular weight excluding hydrogens is 292 g/mol. The summed E-state index contributed by atoms with van der Waals surface area (Å²) in [6.07, 6.45) is 3.89. The maximum Gasteiger partial charge on any atom is 0.255 e. The summed E-state index contributed by atoms with van der Waals surface area (Å²) in [4.78, 5) is 19.0. The Morgan fingerprint density at radius 1 is 1.50 bits per heavy atom. The second-order valence-corrected chi connectivity index (χ2v) is 6.39. The Labute approximate surface area is 117 Å². The van der Waals surface area contributed by atoms with E-state index in [9.17, 15) is 4.79 Å². The van der Waals surface area contributed by atoms with E-state index in [0.29, 0.717) is 10.7 Å². The zero-order valence-corrected chi connectivity index (χ0v) is 12.5. The molecule has 0 radical (unpaired) electrons. The molecule has 0 aromatic carbocycles. The van der Waals surface area contributed by atoms with Crippen LogP contribution >= 0.6 is 15.9 Å². The second kappa shape index (κ2) is 5.83. The molecule has 4 heteroatoms. The van der Waals surface area contributed by atoms with Crippen molar-refractivity contribution in [2.75, 3.05) is 13.1 Å². The van der Waals surface area contributed by atoms with E-state index in [4.69, 9.17) is 0 Å². The summed E-state index contributed by atoms with van der Waals surface area (Å²) in [7, 11) is 0. The van der Waals surface area contributed by atoms with Crippen molar-refractivity contribution in [1.29, 1.82) is 0 Å². The molecule has 18 heavy (non-hydrogen) atoms. The van der Waals surface area contributed by atoms with Gasteiger partial charge in [0.05, 0.1) is 5.56 Å². The van der Waals surface area contributed by atoms with Crippen LogP contribution in [-0.4, -0.2) is 33.7 Å². The first kappa shape index (κ1) is 13.5. The Morgan fingerprint density at radius 2 is 2.17 bits per heavy atom. The number of carbonyl (C=O) groups excluding carboxylic acids is 1. The lowest BCUT2D eigenvalue weighted by Gasteiger charge is -2.33. The monoisotopic (exact) mass is 310 g/mol. The first-order valence-corrected chi connectivity index (χ1v) is 7.36. The summed E-state index contributed by atoms with van der Waals surface area (Å²) in [6, 6.07) is 3.69. The van der Waals surface area contributed by atoms with Crippen molar-refractivity contribution in [3.05, 3.63) is 29.6 Å². The number of aryl methyl sites for hydroxylation is 1. The van der Waals surface area contributed by atoms with Gasteiger partial charge in [-0.25, -0.2) is 0 Å². The van der Waals surface area contributed by atoms with Gasteiger partial charge in [-0.1, -0.05) is 22.9 Å². The van der Waals surface area contributed by atoms with Gasteiger partial charge < -0.3 is 4.90 Å². The van der Waals surface area contributed by atoms with Crippen molar-refractivity contribution in [1.82, 2.24) is 9.88 Å². The van der Waals surface area contributed by atoms with Crippen LogP contribution in [0.4, 0.5) is 0 Å². The number of halogens is 1. The number of hydrogen-bond acceptors (Lipinski definition) is 2. The van der Waals surface area contributed by atoms with Crippen molar-refractivity contribution in [2.24, 2.45) is 5.92 Å². The molecule has 1 aromatic rings. The Morgan fingerprint density at radius 3 is 2.72 bits per heavy atom. The SMILES string of the molecule is Cc1ncccc1C(=O)N1CCC(C(C)Br)CC1. The molecule has 1 aromatic heterocycles. The summed E-state index contributed by atoms with van der Waals surface area (Å²) >= 11 is 3.64. The molecule has 1 saturated heterocycles. The van der Waals surface area contributed by atoms with Gasteiger partial charge in [0, 0.05) is 29.8 Å². The van der Waals surface area contributed by atoms with Gasteiger partial charge in [-0.15, -0.1) is 0 Å². The lowest BCUT2D eigenvalue weighted by Crippen LogP contribution is -2.40. The van der Waals surface area contributed by atoms with E-state index in [1.165, 1.54) is 0 Å². The van der Waals surface area contributed by atoms with Gasteiger partial charge >= 0.3 is 0 Å². The van der Waals surface area contributed by atoms with Gasteiger partial charge in [-0.3, -0.25) is 9.78 Å². The normalized spacial score (nSPS) is 18.7. The van der Waals surface area contributed by atoms with Gasteiger partial charge in [-0.2, -0.15) is 0 Å². The molecule has 1 aliphatic heterocycles. The van der Waals surface area contributed by atoms with Gasteiger partial charge in [0.25, 0.3) is 5.91 Å². The Balaban J connectivity index is 2.02. The maximum absolute atomic E-state index is 12.4. The molecule has 1 unspecified atom stereocenters. The number of rotatable bonds is 2. The molecule has 98 valence electrons. The third-order valence-electron chi connectivity index (χ3n) is 3.71. The summed E-state index contributed by atoms with van der Waals surface area (Å²) in [5.74, 6) is 0.810. The predicted octanol–water partition coefficient (Wildman–Crippen LogP) is 3.03. The molecule has 2 rings (SSSR count). The van der Waals surface area contributed by atoms with Crippen molar-refractivity contribution in [2.45, 2.75) is 31.5 Å². The van der Waals surface area contributed by atoms with Crippen LogP contribution in [0.3, 0.4) is 0 Å². The standard InChI is InChI=1S/C14H19BrN2O/c1-10(15)12-5-8-17(9-6-12)14(18)13-4-3-7-16-11(13)2/h3-4,7,10,12H,5-6,8-9H2,1-2H3. The molecule has 1 fully saturated rings. The van der Waals surface area contributed by atoms with Crippen LogP contribution in [0.15, 0.2) is 18.3 Å². The van der Waals surface area contributed by atoms with Crippen molar-refractivity contribution in [3.8, 4) is 0 Å². The van der Waals surface area contributed by atoms with Crippen molar-refractivity contribution < 1.29 is 4.79 Å². The molecule has 0 spiro atoms. The summed E-state index contributed by atoms with van der Waals surface area (Å²) in [5, 5.41) is 0.